The van der Waals surface area contributed by atoms with Gasteiger partial charge < -0.3 is 5.32 Å². The lowest BCUT2D eigenvalue weighted by Gasteiger charge is -2.42. The standard InChI is InChI=1S/C15H29NO2S3/c1-4-16-14(15-11(2)19-8-9-20-15)12-6-5-7-13(10-12)21(3,17)18/h11-16H,4-10H2,1-3H3. The Morgan fingerprint density at radius 1 is 1.24 bits per heavy atom. The van der Waals surface area contributed by atoms with Crippen molar-refractivity contribution in [1.82, 2.24) is 5.32 Å². The third-order valence-corrected chi connectivity index (χ3v) is 9.67. The molecular formula is C15H29NO2S3. The topological polar surface area (TPSA) is 46.2 Å². The molecule has 0 aromatic heterocycles. The van der Waals surface area contributed by atoms with E-state index in [1.54, 1.807) is 0 Å². The summed E-state index contributed by atoms with van der Waals surface area (Å²) in [6, 6.07) is 0.465. The van der Waals surface area contributed by atoms with Gasteiger partial charge in [0, 0.05) is 34.3 Å². The van der Waals surface area contributed by atoms with E-state index in [9.17, 15) is 8.42 Å². The van der Waals surface area contributed by atoms with Gasteiger partial charge in [-0.1, -0.05) is 20.3 Å². The maximum absolute atomic E-state index is 11.9. The van der Waals surface area contributed by atoms with Crippen LogP contribution in [0.5, 0.6) is 0 Å². The second-order valence-corrected chi connectivity index (χ2v) is 11.5. The van der Waals surface area contributed by atoms with E-state index >= 15 is 0 Å². The van der Waals surface area contributed by atoms with Crippen LogP contribution < -0.4 is 5.32 Å². The monoisotopic (exact) mass is 351 g/mol. The molecule has 0 amide bonds. The molecule has 3 nitrogen and oxygen atoms in total. The molecule has 1 aliphatic heterocycles. The summed E-state index contributed by atoms with van der Waals surface area (Å²) in [6.07, 6.45) is 5.36. The first kappa shape index (κ1) is 18.0. The summed E-state index contributed by atoms with van der Waals surface area (Å²) < 4.78 is 23.8. The molecule has 5 atom stereocenters. The van der Waals surface area contributed by atoms with Gasteiger partial charge in [-0.25, -0.2) is 8.42 Å². The second kappa shape index (κ2) is 7.93. The predicted octanol–water partition coefficient (Wildman–Crippen LogP) is 2.81. The molecular weight excluding hydrogens is 322 g/mol. The molecule has 1 aliphatic carbocycles. The van der Waals surface area contributed by atoms with Gasteiger partial charge in [-0.15, -0.1) is 0 Å². The number of sulfone groups is 1. The van der Waals surface area contributed by atoms with Crippen molar-refractivity contribution in [1.29, 1.82) is 0 Å². The molecule has 2 fully saturated rings. The molecule has 1 saturated carbocycles. The van der Waals surface area contributed by atoms with Gasteiger partial charge in [-0.3, -0.25) is 0 Å². The van der Waals surface area contributed by atoms with E-state index in [0.717, 1.165) is 25.8 Å². The lowest BCUT2D eigenvalue weighted by atomic mass is 9.81. The molecule has 0 spiro atoms. The van der Waals surface area contributed by atoms with Crippen molar-refractivity contribution in [2.45, 2.75) is 61.3 Å². The van der Waals surface area contributed by atoms with Crippen molar-refractivity contribution in [3.05, 3.63) is 0 Å². The minimum Gasteiger partial charge on any atom is -0.313 e. The van der Waals surface area contributed by atoms with Gasteiger partial charge in [0.2, 0.25) is 0 Å². The van der Waals surface area contributed by atoms with Crippen LogP contribution in [-0.2, 0) is 9.84 Å². The zero-order valence-electron chi connectivity index (χ0n) is 13.4. The average Bonchev–Trinajstić information content (AvgIpc) is 2.45. The van der Waals surface area contributed by atoms with Gasteiger partial charge in [0.25, 0.3) is 0 Å². The molecule has 21 heavy (non-hydrogen) atoms. The summed E-state index contributed by atoms with van der Waals surface area (Å²) in [4.78, 5) is 0. The van der Waals surface area contributed by atoms with E-state index in [1.165, 1.54) is 24.2 Å². The van der Waals surface area contributed by atoms with Gasteiger partial charge in [0.15, 0.2) is 0 Å². The molecule has 6 heteroatoms. The third-order valence-electron chi connectivity index (χ3n) is 4.81. The maximum Gasteiger partial charge on any atom is 0.150 e. The highest BCUT2D eigenvalue weighted by atomic mass is 32.2. The van der Waals surface area contributed by atoms with Crippen molar-refractivity contribution in [3.63, 3.8) is 0 Å². The van der Waals surface area contributed by atoms with E-state index in [0.29, 0.717) is 22.5 Å². The normalized spacial score (nSPS) is 36.3. The summed E-state index contributed by atoms with van der Waals surface area (Å²) in [7, 11) is -2.89. The Balaban J connectivity index is 2.09. The lowest BCUT2D eigenvalue weighted by molar-refractivity contribution is 0.266. The van der Waals surface area contributed by atoms with Crippen LogP contribution in [0.15, 0.2) is 0 Å². The van der Waals surface area contributed by atoms with Crippen molar-refractivity contribution in [3.8, 4) is 0 Å². The zero-order valence-corrected chi connectivity index (χ0v) is 15.8. The summed E-state index contributed by atoms with van der Waals surface area (Å²) in [5.74, 6) is 2.98. The fourth-order valence-corrected chi connectivity index (χ4v) is 7.96. The zero-order chi connectivity index (χ0) is 15.5. The minimum atomic E-state index is -2.89. The summed E-state index contributed by atoms with van der Waals surface area (Å²) >= 11 is 4.16. The predicted molar refractivity (Wildman–Crippen MR) is 96.2 cm³/mol. The Bertz CT molecular complexity index is 427. The van der Waals surface area contributed by atoms with Gasteiger partial charge in [-0.2, -0.15) is 23.5 Å². The van der Waals surface area contributed by atoms with Crippen molar-refractivity contribution in [2.24, 2.45) is 5.92 Å². The van der Waals surface area contributed by atoms with Crippen molar-refractivity contribution >= 4 is 33.4 Å². The average molecular weight is 352 g/mol. The Morgan fingerprint density at radius 3 is 2.57 bits per heavy atom. The van der Waals surface area contributed by atoms with Crippen LogP contribution in [0, 0.1) is 5.92 Å². The minimum absolute atomic E-state index is 0.117. The molecule has 1 heterocycles. The van der Waals surface area contributed by atoms with Crippen LogP contribution in [0.1, 0.15) is 39.5 Å². The van der Waals surface area contributed by atoms with Crippen molar-refractivity contribution < 1.29 is 8.42 Å². The summed E-state index contributed by atoms with van der Waals surface area (Å²) in [6.45, 7) is 5.47. The Hall–Kier alpha value is 0.610. The van der Waals surface area contributed by atoms with E-state index in [-0.39, 0.29) is 5.25 Å². The number of hydrogen-bond acceptors (Lipinski definition) is 5. The van der Waals surface area contributed by atoms with Gasteiger partial charge >= 0.3 is 0 Å². The first-order valence-corrected chi connectivity index (χ1v) is 12.1. The summed E-state index contributed by atoms with van der Waals surface area (Å²) in [5.41, 5.74) is 0. The molecule has 5 unspecified atom stereocenters. The van der Waals surface area contributed by atoms with Crippen LogP contribution in [-0.4, -0.2) is 54.5 Å². The molecule has 1 saturated heterocycles. The van der Waals surface area contributed by atoms with Crippen molar-refractivity contribution in [2.75, 3.05) is 24.3 Å². The smallest absolute Gasteiger partial charge is 0.150 e. The Kier molecular flexibility index (Phi) is 6.78. The van der Waals surface area contributed by atoms with Crippen LogP contribution in [0.3, 0.4) is 0 Å². The Labute approximate surface area is 138 Å². The number of thioether (sulfide) groups is 2. The van der Waals surface area contributed by atoms with E-state index < -0.39 is 9.84 Å². The van der Waals surface area contributed by atoms with Gasteiger partial charge in [-0.05, 0) is 31.7 Å². The molecule has 0 aromatic rings. The maximum atomic E-state index is 11.9. The van der Waals surface area contributed by atoms with Crippen LogP contribution >= 0.6 is 23.5 Å². The largest absolute Gasteiger partial charge is 0.313 e. The molecule has 0 bridgehead atoms. The number of rotatable bonds is 5. The highest BCUT2D eigenvalue weighted by molar-refractivity contribution is 8.07. The first-order valence-electron chi connectivity index (χ1n) is 8.09. The quantitative estimate of drug-likeness (QED) is 0.825. The Morgan fingerprint density at radius 2 is 1.95 bits per heavy atom. The molecule has 1 N–H and O–H groups in total. The lowest BCUT2D eigenvalue weighted by Crippen LogP contribution is -2.50. The molecule has 2 rings (SSSR count). The fourth-order valence-electron chi connectivity index (χ4n) is 3.73. The molecule has 0 aromatic carbocycles. The molecule has 0 radical (unpaired) electrons. The highest BCUT2D eigenvalue weighted by Crippen LogP contribution is 2.39. The highest BCUT2D eigenvalue weighted by Gasteiger charge is 2.39. The molecule has 124 valence electrons. The third kappa shape index (κ3) is 4.79. The van der Waals surface area contributed by atoms with Crippen LogP contribution in [0.4, 0.5) is 0 Å². The molecule has 2 aliphatic rings. The van der Waals surface area contributed by atoms with E-state index in [2.05, 4.69) is 42.7 Å². The van der Waals surface area contributed by atoms with E-state index in [4.69, 9.17) is 0 Å². The van der Waals surface area contributed by atoms with Gasteiger partial charge in [0.05, 0.1) is 5.25 Å². The first-order chi connectivity index (χ1) is 9.93. The second-order valence-electron chi connectivity index (χ2n) is 6.37. The summed E-state index contributed by atoms with van der Waals surface area (Å²) in [5, 5.41) is 4.86. The van der Waals surface area contributed by atoms with Crippen LogP contribution in [0.25, 0.3) is 0 Å². The van der Waals surface area contributed by atoms with Gasteiger partial charge in [0.1, 0.15) is 9.84 Å². The van der Waals surface area contributed by atoms with E-state index in [1.807, 2.05) is 0 Å². The SMILES string of the molecule is CCNC(C1CCCC(S(C)(=O)=O)C1)C1SCCSC1C. The number of hydrogen-bond donors (Lipinski definition) is 1. The fraction of sp³-hybridized carbons (Fsp3) is 1.00. The number of nitrogens with one attached hydrogen (secondary N) is 1. The van der Waals surface area contributed by atoms with Crippen LogP contribution in [0.2, 0.25) is 0 Å².